The molecule has 0 aliphatic heterocycles. The number of hydrogen-bond acceptors (Lipinski definition) is 2. The van der Waals surface area contributed by atoms with Gasteiger partial charge in [-0.2, -0.15) is 0 Å². The van der Waals surface area contributed by atoms with E-state index in [2.05, 4.69) is 38.4 Å². The molecule has 1 rings (SSSR count). The Balaban J connectivity index is 2.58. The predicted octanol–water partition coefficient (Wildman–Crippen LogP) is 2.90. The molecule has 0 atom stereocenters. The highest BCUT2D eigenvalue weighted by Crippen LogP contribution is 2.13. The number of halogens is 1. The molecular weight excluding hydrogens is 265 g/mol. The van der Waals surface area contributed by atoms with Gasteiger partial charge < -0.3 is 0 Å². The summed E-state index contributed by atoms with van der Waals surface area (Å²) >= 11 is 2.25. The normalized spacial score (nSPS) is 10.5. The average molecular weight is 275 g/mol. The highest BCUT2D eigenvalue weighted by Gasteiger charge is 1.87. The molecule has 12 heavy (non-hydrogen) atoms. The van der Waals surface area contributed by atoms with Crippen LogP contribution >= 0.6 is 22.6 Å². The summed E-state index contributed by atoms with van der Waals surface area (Å²) in [5.74, 6) is 0. The van der Waals surface area contributed by atoms with Crippen molar-refractivity contribution in [2.75, 3.05) is 6.54 Å². The lowest BCUT2D eigenvalue weighted by Crippen LogP contribution is -2.00. The van der Waals surface area contributed by atoms with E-state index in [0.29, 0.717) is 0 Å². The smallest absolute Gasteiger partial charge is 0.0874 e. The number of hydrogen-bond donors (Lipinski definition) is 1. The summed E-state index contributed by atoms with van der Waals surface area (Å²) in [4.78, 5) is 0. The lowest BCUT2D eigenvalue weighted by Gasteiger charge is -1.92. The number of nitrogens with one attached hydrogen (secondary N) is 1. The van der Waals surface area contributed by atoms with Gasteiger partial charge in [0.2, 0.25) is 0 Å². The molecule has 0 aliphatic rings. The van der Waals surface area contributed by atoms with Crippen LogP contribution in [0.5, 0.6) is 0 Å². The fourth-order valence-electron chi connectivity index (χ4n) is 0.672. The van der Waals surface area contributed by atoms with Crippen LogP contribution < -0.4 is 5.43 Å². The fourth-order valence-corrected chi connectivity index (χ4v) is 1.03. The zero-order chi connectivity index (χ0) is 8.81. The summed E-state index contributed by atoms with van der Waals surface area (Å²) in [5, 5.41) is 7.71. The van der Waals surface area contributed by atoms with Crippen molar-refractivity contribution in [2.45, 2.75) is 6.92 Å². The second-order valence-corrected chi connectivity index (χ2v) is 3.43. The zero-order valence-electron chi connectivity index (χ0n) is 6.79. The number of rotatable bonds is 3. The van der Waals surface area contributed by atoms with Crippen molar-refractivity contribution in [1.29, 1.82) is 0 Å². The summed E-state index contributed by atoms with van der Waals surface area (Å²) in [6.07, 6.45) is 0. The van der Waals surface area contributed by atoms with Crippen LogP contribution in [0.2, 0.25) is 0 Å². The molecule has 0 heterocycles. The van der Waals surface area contributed by atoms with Crippen molar-refractivity contribution in [2.24, 2.45) is 10.3 Å². The first-order chi connectivity index (χ1) is 5.83. The summed E-state index contributed by atoms with van der Waals surface area (Å²) in [6.45, 7) is 2.78. The Hall–Kier alpha value is -0.650. The predicted molar refractivity (Wildman–Crippen MR) is 57.4 cm³/mol. The molecule has 0 aliphatic carbocycles. The third-order valence-corrected chi connectivity index (χ3v) is 1.94. The van der Waals surface area contributed by atoms with Crippen LogP contribution in [-0.2, 0) is 0 Å². The Kier molecular flexibility index (Phi) is 3.99. The SMILES string of the molecule is CCN/N=N/c1ccc(I)cc1. The summed E-state index contributed by atoms with van der Waals surface area (Å²) in [5.41, 5.74) is 3.64. The van der Waals surface area contributed by atoms with Crippen molar-refractivity contribution in [1.82, 2.24) is 5.43 Å². The minimum absolute atomic E-state index is 0.799. The summed E-state index contributed by atoms with van der Waals surface area (Å²) in [7, 11) is 0. The monoisotopic (exact) mass is 275 g/mol. The lowest BCUT2D eigenvalue weighted by molar-refractivity contribution is 0.732. The Morgan fingerprint density at radius 3 is 2.58 bits per heavy atom. The van der Waals surface area contributed by atoms with Gasteiger partial charge >= 0.3 is 0 Å². The Morgan fingerprint density at radius 1 is 1.33 bits per heavy atom. The molecule has 4 heteroatoms. The number of nitrogens with zero attached hydrogens (tertiary/aromatic N) is 2. The molecule has 0 saturated heterocycles. The molecule has 0 fully saturated rings. The maximum absolute atomic E-state index is 3.95. The van der Waals surface area contributed by atoms with Gasteiger partial charge in [-0.25, -0.2) is 0 Å². The zero-order valence-corrected chi connectivity index (χ0v) is 8.95. The Morgan fingerprint density at radius 2 is 2.00 bits per heavy atom. The molecule has 0 bridgehead atoms. The van der Waals surface area contributed by atoms with E-state index in [4.69, 9.17) is 0 Å². The first-order valence-electron chi connectivity index (χ1n) is 3.72. The molecule has 0 amide bonds. The van der Waals surface area contributed by atoms with Gasteiger partial charge in [-0.05, 0) is 53.8 Å². The van der Waals surface area contributed by atoms with Crippen LogP contribution in [0.3, 0.4) is 0 Å². The molecule has 1 aromatic carbocycles. The minimum Gasteiger partial charge on any atom is -0.292 e. The van der Waals surface area contributed by atoms with E-state index in [0.717, 1.165) is 12.2 Å². The van der Waals surface area contributed by atoms with E-state index >= 15 is 0 Å². The molecule has 1 aromatic rings. The van der Waals surface area contributed by atoms with Crippen molar-refractivity contribution >= 4 is 28.3 Å². The topological polar surface area (TPSA) is 36.8 Å². The van der Waals surface area contributed by atoms with Crippen LogP contribution in [0.4, 0.5) is 5.69 Å². The third-order valence-electron chi connectivity index (χ3n) is 1.22. The van der Waals surface area contributed by atoms with Crippen molar-refractivity contribution in [3.63, 3.8) is 0 Å². The lowest BCUT2D eigenvalue weighted by atomic mass is 10.3. The molecule has 1 N–H and O–H groups in total. The van der Waals surface area contributed by atoms with Gasteiger partial charge in [0, 0.05) is 10.1 Å². The molecule has 64 valence electrons. The molecule has 0 saturated carbocycles. The minimum atomic E-state index is 0.799. The molecule has 0 aromatic heterocycles. The van der Waals surface area contributed by atoms with Gasteiger partial charge in [-0.1, -0.05) is 5.22 Å². The first kappa shape index (κ1) is 9.44. The van der Waals surface area contributed by atoms with E-state index in [1.807, 2.05) is 31.2 Å². The quantitative estimate of drug-likeness (QED) is 0.514. The van der Waals surface area contributed by atoms with Crippen molar-refractivity contribution in [3.05, 3.63) is 27.8 Å². The second-order valence-electron chi connectivity index (χ2n) is 2.19. The number of benzene rings is 1. The molecule has 0 radical (unpaired) electrons. The summed E-state index contributed by atoms with van der Waals surface area (Å²) in [6, 6.07) is 7.87. The van der Waals surface area contributed by atoms with Crippen molar-refractivity contribution < 1.29 is 0 Å². The summed E-state index contributed by atoms with van der Waals surface area (Å²) < 4.78 is 1.20. The standard InChI is InChI=1S/C8H10IN3/c1-2-10-12-11-8-5-3-7(9)4-6-8/h3-6H,2H2,1H3,(H,10,11). The van der Waals surface area contributed by atoms with Gasteiger partial charge in [-0.15, -0.1) is 5.11 Å². The first-order valence-corrected chi connectivity index (χ1v) is 4.80. The molecule has 0 spiro atoms. The van der Waals surface area contributed by atoms with Crippen LogP contribution in [0.1, 0.15) is 6.92 Å². The highest BCUT2D eigenvalue weighted by molar-refractivity contribution is 14.1. The van der Waals surface area contributed by atoms with Gasteiger partial charge in [0.05, 0.1) is 5.69 Å². The van der Waals surface area contributed by atoms with Crippen LogP contribution in [0, 0.1) is 3.57 Å². The Labute approximate surface area is 85.4 Å². The van der Waals surface area contributed by atoms with E-state index < -0.39 is 0 Å². The van der Waals surface area contributed by atoms with E-state index in [-0.39, 0.29) is 0 Å². The van der Waals surface area contributed by atoms with Crippen LogP contribution in [-0.4, -0.2) is 6.54 Å². The van der Waals surface area contributed by atoms with Crippen molar-refractivity contribution in [3.8, 4) is 0 Å². The van der Waals surface area contributed by atoms with E-state index in [1.165, 1.54) is 3.57 Å². The van der Waals surface area contributed by atoms with Gasteiger partial charge in [0.15, 0.2) is 0 Å². The van der Waals surface area contributed by atoms with Gasteiger partial charge in [0.1, 0.15) is 0 Å². The van der Waals surface area contributed by atoms with E-state index in [9.17, 15) is 0 Å². The second kappa shape index (κ2) is 5.08. The average Bonchev–Trinajstić information content (AvgIpc) is 2.09. The maximum atomic E-state index is 3.95. The van der Waals surface area contributed by atoms with Crippen LogP contribution in [0.15, 0.2) is 34.6 Å². The fraction of sp³-hybridized carbons (Fsp3) is 0.250. The maximum Gasteiger partial charge on any atom is 0.0874 e. The van der Waals surface area contributed by atoms with E-state index in [1.54, 1.807) is 0 Å². The van der Waals surface area contributed by atoms with Crippen LogP contribution in [0.25, 0.3) is 0 Å². The van der Waals surface area contributed by atoms with Gasteiger partial charge in [0.25, 0.3) is 0 Å². The van der Waals surface area contributed by atoms with Gasteiger partial charge in [-0.3, -0.25) is 5.43 Å². The third kappa shape index (κ3) is 3.17. The molecule has 0 unspecified atom stereocenters. The molecular formula is C8H10IN3. The highest BCUT2D eigenvalue weighted by atomic mass is 127. The Bertz CT molecular complexity index is 256. The molecule has 3 nitrogen and oxygen atoms in total. The largest absolute Gasteiger partial charge is 0.292 e.